The van der Waals surface area contributed by atoms with E-state index in [9.17, 15) is 14.4 Å². The molecule has 2 aromatic rings. The molecular formula is C18H19NO5. The quantitative estimate of drug-likeness (QED) is 0.476. The number of carbonyl (C=O) groups is 3. The first-order valence-electron chi connectivity index (χ1n) is 7.39. The average Bonchev–Trinajstić information content (AvgIpc) is 2.45. The number of rotatable bonds is 5. The average molecular weight is 329 g/mol. The van der Waals surface area contributed by atoms with Crippen molar-refractivity contribution in [3.63, 3.8) is 0 Å². The summed E-state index contributed by atoms with van der Waals surface area (Å²) in [4.78, 5) is 36.5. The Bertz CT molecular complexity index is 810. The van der Waals surface area contributed by atoms with E-state index in [1.54, 1.807) is 35.2 Å². The first kappa shape index (κ1) is 17.6. The van der Waals surface area contributed by atoms with E-state index >= 15 is 0 Å². The lowest BCUT2D eigenvalue weighted by molar-refractivity contribution is -0.134. The summed E-state index contributed by atoms with van der Waals surface area (Å²) in [7, 11) is 3.65. The van der Waals surface area contributed by atoms with Crippen molar-refractivity contribution < 1.29 is 23.9 Å². The smallest absolute Gasteiger partial charge is 0.308 e. The van der Waals surface area contributed by atoms with Crippen LogP contribution in [-0.4, -0.2) is 43.3 Å². The topological polar surface area (TPSA) is 72.9 Å². The van der Waals surface area contributed by atoms with Gasteiger partial charge in [-0.1, -0.05) is 12.1 Å². The molecule has 0 radical (unpaired) electrons. The van der Waals surface area contributed by atoms with Gasteiger partial charge in [0.05, 0.1) is 6.54 Å². The number of Topliss-reactive ketones (excluding diaryl/α,β-unsaturated/α-hetero) is 1. The van der Waals surface area contributed by atoms with E-state index in [-0.39, 0.29) is 17.3 Å². The van der Waals surface area contributed by atoms with Gasteiger partial charge in [-0.05, 0) is 43.1 Å². The van der Waals surface area contributed by atoms with E-state index in [1.165, 1.54) is 13.8 Å². The number of hydrogen-bond donors (Lipinski definition) is 0. The van der Waals surface area contributed by atoms with E-state index in [1.807, 2.05) is 14.1 Å². The Morgan fingerprint density at radius 2 is 1.42 bits per heavy atom. The highest BCUT2D eigenvalue weighted by Crippen LogP contribution is 2.33. The minimum atomic E-state index is -0.525. The van der Waals surface area contributed by atoms with Crippen molar-refractivity contribution in [1.82, 2.24) is 4.90 Å². The van der Waals surface area contributed by atoms with Gasteiger partial charge in [0.15, 0.2) is 17.3 Å². The summed E-state index contributed by atoms with van der Waals surface area (Å²) >= 11 is 0. The van der Waals surface area contributed by atoms with Crippen LogP contribution in [0.5, 0.6) is 11.5 Å². The van der Waals surface area contributed by atoms with Crippen LogP contribution in [0, 0.1) is 0 Å². The van der Waals surface area contributed by atoms with Gasteiger partial charge in [0.25, 0.3) is 0 Å². The van der Waals surface area contributed by atoms with Gasteiger partial charge in [-0.15, -0.1) is 0 Å². The van der Waals surface area contributed by atoms with Gasteiger partial charge in [0.2, 0.25) is 0 Å². The van der Waals surface area contributed by atoms with Crippen LogP contribution in [0.3, 0.4) is 0 Å². The van der Waals surface area contributed by atoms with E-state index in [0.29, 0.717) is 17.5 Å². The highest BCUT2D eigenvalue weighted by Gasteiger charge is 2.14. The van der Waals surface area contributed by atoms with Gasteiger partial charge >= 0.3 is 11.9 Å². The Morgan fingerprint density at radius 3 is 1.92 bits per heavy atom. The number of nitrogens with zero attached hydrogens (tertiary/aromatic N) is 1. The van der Waals surface area contributed by atoms with Crippen molar-refractivity contribution in [2.24, 2.45) is 0 Å². The first-order chi connectivity index (χ1) is 11.3. The molecule has 0 saturated heterocycles. The Kier molecular flexibility index (Phi) is 5.31. The number of carbonyl (C=O) groups excluding carboxylic acids is 3. The summed E-state index contributed by atoms with van der Waals surface area (Å²) in [5, 5.41) is 1.48. The molecule has 0 aliphatic rings. The molecule has 0 heterocycles. The van der Waals surface area contributed by atoms with Gasteiger partial charge in [-0.25, -0.2) is 0 Å². The minimum absolute atomic E-state index is 0.0139. The maximum absolute atomic E-state index is 12.2. The lowest BCUT2D eigenvalue weighted by Crippen LogP contribution is -2.21. The van der Waals surface area contributed by atoms with Crippen molar-refractivity contribution in [2.75, 3.05) is 20.6 Å². The third-order valence-corrected chi connectivity index (χ3v) is 3.19. The third-order valence-electron chi connectivity index (χ3n) is 3.19. The van der Waals surface area contributed by atoms with Gasteiger partial charge in [-0.3, -0.25) is 14.4 Å². The van der Waals surface area contributed by atoms with Crippen molar-refractivity contribution in [3.8, 4) is 11.5 Å². The fraction of sp³-hybridized carbons (Fsp3) is 0.278. The second-order valence-electron chi connectivity index (χ2n) is 5.71. The number of ketones is 1. The lowest BCUT2D eigenvalue weighted by atomic mass is 10.0. The Hall–Kier alpha value is -2.73. The molecule has 0 spiro atoms. The zero-order chi connectivity index (χ0) is 17.9. The van der Waals surface area contributed by atoms with E-state index < -0.39 is 11.9 Å². The van der Waals surface area contributed by atoms with E-state index in [4.69, 9.17) is 9.47 Å². The predicted molar refractivity (Wildman–Crippen MR) is 89.5 cm³/mol. The van der Waals surface area contributed by atoms with E-state index in [0.717, 1.165) is 5.39 Å². The van der Waals surface area contributed by atoms with Gasteiger partial charge < -0.3 is 14.4 Å². The number of fused-ring (bicyclic) bond motifs is 1. The molecule has 0 aliphatic carbocycles. The molecule has 0 N–H and O–H groups in total. The molecule has 0 atom stereocenters. The van der Waals surface area contributed by atoms with Crippen LogP contribution in [0.25, 0.3) is 10.8 Å². The van der Waals surface area contributed by atoms with Crippen molar-refractivity contribution in [3.05, 3.63) is 35.9 Å². The highest BCUT2D eigenvalue weighted by atomic mass is 16.6. The molecule has 0 bridgehead atoms. The summed E-state index contributed by atoms with van der Waals surface area (Å²) in [5.74, 6) is -0.747. The standard InChI is InChI=1S/C18H19NO5/c1-11(20)23-17-8-13-5-6-14(16(22)10-19(3)4)7-15(13)9-18(17)24-12(2)21/h5-9H,10H2,1-4H3. The normalized spacial score (nSPS) is 10.7. The second kappa shape index (κ2) is 7.23. The van der Waals surface area contributed by atoms with Crippen LogP contribution in [0.15, 0.2) is 30.3 Å². The number of esters is 2. The van der Waals surface area contributed by atoms with Crippen LogP contribution in [0.1, 0.15) is 24.2 Å². The fourth-order valence-corrected chi connectivity index (χ4v) is 2.28. The largest absolute Gasteiger partial charge is 0.423 e. The van der Waals surface area contributed by atoms with Gasteiger partial charge in [-0.2, -0.15) is 0 Å². The number of likely N-dealkylation sites (N-methyl/N-ethyl adjacent to an activating group) is 1. The monoisotopic (exact) mass is 329 g/mol. The van der Waals surface area contributed by atoms with Crippen molar-refractivity contribution in [1.29, 1.82) is 0 Å². The SMILES string of the molecule is CC(=O)Oc1cc2ccc(C(=O)CN(C)C)cc2cc1OC(C)=O. The van der Waals surface area contributed by atoms with Crippen molar-refractivity contribution >= 4 is 28.5 Å². The van der Waals surface area contributed by atoms with Crippen molar-refractivity contribution in [2.45, 2.75) is 13.8 Å². The predicted octanol–water partition coefficient (Wildman–Crippen LogP) is 2.43. The fourth-order valence-electron chi connectivity index (χ4n) is 2.28. The summed E-state index contributed by atoms with van der Waals surface area (Å²) < 4.78 is 10.2. The van der Waals surface area contributed by atoms with Gasteiger partial charge in [0.1, 0.15) is 0 Å². The molecule has 24 heavy (non-hydrogen) atoms. The Morgan fingerprint density at radius 1 is 0.875 bits per heavy atom. The molecule has 0 amide bonds. The molecule has 6 nitrogen and oxygen atoms in total. The highest BCUT2D eigenvalue weighted by molar-refractivity contribution is 6.01. The number of ether oxygens (including phenoxy) is 2. The summed E-state index contributed by atoms with van der Waals surface area (Å²) in [6, 6.07) is 8.41. The number of benzene rings is 2. The van der Waals surface area contributed by atoms with Crippen LogP contribution in [0.4, 0.5) is 0 Å². The lowest BCUT2D eigenvalue weighted by Gasteiger charge is -2.12. The zero-order valence-corrected chi connectivity index (χ0v) is 14.1. The van der Waals surface area contributed by atoms with Crippen LogP contribution < -0.4 is 9.47 Å². The molecule has 2 aromatic carbocycles. The molecular weight excluding hydrogens is 310 g/mol. The molecule has 126 valence electrons. The minimum Gasteiger partial charge on any atom is -0.423 e. The Balaban J connectivity index is 2.49. The molecule has 2 rings (SSSR count). The number of hydrogen-bond acceptors (Lipinski definition) is 6. The molecule has 0 fully saturated rings. The van der Waals surface area contributed by atoms with Gasteiger partial charge in [0, 0.05) is 19.4 Å². The summed E-state index contributed by atoms with van der Waals surface area (Å²) in [6.07, 6.45) is 0. The molecule has 0 aliphatic heterocycles. The maximum Gasteiger partial charge on any atom is 0.308 e. The van der Waals surface area contributed by atoms with Crippen LogP contribution in [0.2, 0.25) is 0 Å². The molecule has 0 aromatic heterocycles. The Labute approximate surface area is 140 Å². The van der Waals surface area contributed by atoms with E-state index in [2.05, 4.69) is 0 Å². The summed E-state index contributed by atoms with van der Waals surface area (Å²) in [6.45, 7) is 2.83. The second-order valence-corrected chi connectivity index (χ2v) is 5.71. The zero-order valence-electron chi connectivity index (χ0n) is 14.1. The maximum atomic E-state index is 12.2. The first-order valence-corrected chi connectivity index (χ1v) is 7.39. The van der Waals surface area contributed by atoms with Crippen LogP contribution in [-0.2, 0) is 9.59 Å². The third kappa shape index (κ3) is 4.39. The molecule has 6 heteroatoms. The molecule has 0 unspecified atom stereocenters. The molecule has 0 saturated carbocycles. The summed E-state index contributed by atoms with van der Waals surface area (Å²) in [5.41, 5.74) is 0.560. The van der Waals surface area contributed by atoms with Crippen LogP contribution >= 0.6 is 0 Å².